The van der Waals surface area contributed by atoms with Crippen molar-refractivity contribution in [1.29, 1.82) is 0 Å². The maximum Gasteiger partial charge on any atom is 0.243 e. The molecule has 1 amide bonds. The van der Waals surface area contributed by atoms with Gasteiger partial charge in [0.05, 0.1) is 30.9 Å². The van der Waals surface area contributed by atoms with Crippen molar-refractivity contribution in [2.45, 2.75) is 51.3 Å². The average Bonchev–Trinajstić information content (AvgIpc) is 2.73. The van der Waals surface area contributed by atoms with Crippen LogP contribution in [0.15, 0.2) is 23.1 Å². The monoisotopic (exact) mass is 438 g/mol. The number of anilines is 1. The topological polar surface area (TPSA) is 84.9 Å². The van der Waals surface area contributed by atoms with E-state index in [9.17, 15) is 13.2 Å². The molecule has 2 aliphatic rings. The number of nitrogens with one attached hydrogen (secondary N) is 1. The van der Waals surface area contributed by atoms with E-state index in [1.807, 2.05) is 0 Å². The lowest BCUT2D eigenvalue weighted by Gasteiger charge is -2.36. The molecule has 0 bridgehead atoms. The fraction of sp³-hybridized carbons (Fsp3) is 0.682. The molecule has 3 rings (SSSR count). The smallest absolute Gasteiger partial charge is 0.243 e. The number of rotatable bonds is 5. The Hall–Kier alpha value is -1.64. The summed E-state index contributed by atoms with van der Waals surface area (Å²) in [7, 11) is -2.14. The van der Waals surface area contributed by atoms with Gasteiger partial charge in [-0.15, -0.1) is 0 Å². The molecule has 7 nitrogen and oxygen atoms in total. The standard InChI is InChI=1S/C22H34N2O5S/c1-22(2,3)17-7-5-16(6-8-17)21(25)23-19-15-18(9-10-20(19)28-4)30(26,27)24-11-13-29-14-12-24/h9-10,15-17H,5-8,11-14H2,1-4H3,(H,23,25). The lowest BCUT2D eigenvalue weighted by Crippen LogP contribution is -2.40. The molecule has 1 aromatic rings. The predicted molar refractivity (Wildman–Crippen MR) is 116 cm³/mol. The Kier molecular flexibility index (Phi) is 7.09. The summed E-state index contributed by atoms with van der Waals surface area (Å²) in [5.74, 6) is 0.945. The third kappa shape index (κ3) is 5.15. The zero-order valence-corrected chi connectivity index (χ0v) is 19.3. The molecule has 0 atom stereocenters. The van der Waals surface area contributed by atoms with Crippen molar-refractivity contribution in [2.24, 2.45) is 17.3 Å². The van der Waals surface area contributed by atoms with Crippen molar-refractivity contribution in [3.63, 3.8) is 0 Å². The van der Waals surface area contributed by atoms with Crippen LogP contribution in [-0.2, 0) is 19.6 Å². The second kappa shape index (κ2) is 9.24. The van der Waals surface area contributed by atoms with Crippen molar-refractivity contribution in [1.82, 2.24) is 4.31 Å². The van der Waals surface area contributed by atoms with Crippen LogP contribution in [0.1, 0.15) is 46.5 Å². The van der Waals surface area contributed by atoms with Gasteiger partial charge in [0.2, 0.25) is 15.9 Å². The van der Waals surface area contributed by atoms with E-state index >= 15 is 0 Å². The molecular weight excluding hydrogens is 404 g/mol. The summed E-state index contributed by atoms with van der Waals surface area (Å²) in [6.45, 7) is 8.18. The maximum absolute atomic E-state index is 13.0. The molecule has 1 aliphatic carbocycles. The molecule has 0 unspecified atom stereocenters. The molecule has 8 heteroatoms. The molecule has 1 saturated heterocycles. The van der Waals surface area contributed by atoms with Crippen molar-refractivity contribution >= 4 is 21.6 Å². The van der Waals surface area contributed by atoms with E-state index in [0.29, 0.717) is 43.7 Å². The lowest BCUT2D eigenvalue weighted by molar-refractivity contribution is -0.121. The summed E-state index contributed by atoms with van der Waals surface area (Å²) in [6, 6.07) is 4.62. The molecule has 0 radical (unpaired) electrons. The van der Waals surface area contributed by atoms with Gasteiger partial charge < -0.3 is 14.8 Å². The van der Waals surface area contributed by atoms with E-state index in [1.54, 1.807) is 6.07 Å². The van der Waals surface area contributed by atoms with Gasteiger partial charge in [0.25, 0.3) is 0 Å². The minimum atomic E-state index is -3.65. The second-order valence-corrected chi connectivity index (χ2v) is 11.2. The number of hydrogen-bond donors (Lipinski definition) is 1. The van der Waals surface area contributed by atoms with Crippen LogP contribution >= 0.6 is 0 Å². The summed E-state index contributed by atoms with van der Waals surface area (Å²) in [6.07, 6.45) is 3.76. The van der Waals surface area contributed by atoms with E-state index in [-0.39, 0.29) is 22.1 Å². The third-order valence-electron chi connectivity index (χ3n) is 6.36. The van der Waals surface area contributed by atoms with Gasteiger partial charge in [0.15, 0.2) is 0 Å². The van der Waals surface area contributed by atoms with Gasteiger partial charge in [-0.05, 0) is 55.2 Å². The van der Waals surface area contributed by atoms with E-state index in [4.69, 9.17) is 9.47 Å². The number of sulfonamides is 1. The molecule has 30 heavy (non-hydrogen) atoms. The van der Waals surface area contributed by atoms with Crippen LogP contribution in [0.2, 0.25) is 0 Å². The van der Waals surface area contributed by atoms with Crippen LogP contribution in [0.5, 0.6) is 5.75 Å². The number of nitrogens with zero attached hydrogens (tertiary/aromatic N) is 1. The summed E-state index contributed by atoms with van der Waals surface area (Å²) in [5, 5.41) is 2.93. The van der Waals surface area contributed by atoms with Gasteiger partial charge >= 0.3 is 0 Å². The van der Waals surface area contributed by atoms with Crippen LogP contribution in [0.4, 0.5) is 5.69 Å². The van der Waals surface area contributed by atoms with Crippen LogP contribution in [0.25, 0.3) is 0 Å². The SMILES string of the molecule is COc1ccc(S(=O)(=O)N2CCOCC2)cc1NC(=O)C1CCC(C(C)(C)C)CC1. The number of morpholine rings is 1. The molecular formula is C22H34N2O5S. The molecule has 2 fully saturated rings. The van der Waals surface area contributed by atoms with E-state index in [0.717, 1.165) is 25.7 Å². The number of carbonyl (C=O) groups is 1. The lowest BCUT2D eigenvalue weighted by atomic mass is 9.69. The molecule has 1 heterocycles. The number of methoxy groups -OCH3 is 1. The van der Waals surface area contributed by atoms with Crippen LogP contribution in [0.3, 0.4) is 0 Å². The maximum atomic E-state index is 13.0. The molecule has 168 valence electrons. The first kappa shape index (κ1) is 23.0. The van der Waals surface area contributed by atoms with Gasteiger partial charge in [-0.25, -0.2) is 8.42 Å². The molecule has 1 N–H and O–H groups in total. The first-order valence-electron chi connectivity index (χ1n) is 10.7. The van der Waals surface area contributed by atoms with Crippen LogP contribution in [-0.4, -0.2) is 52.0 Å². The highest BCUT2D eigenvalue weighted by molar-refractivity contribution is 7.89. The molecule has 1 saturated carbocycles. The Labute approximate surface area is 180 Å². The van der Waals surface area contributed by atoms with Crippen molar-refractivity contribution in [3.8, 4) is 5.75 Å². The second-order valence-electron chi connectivity index (χ2n) is 9.28. The Balaban J connectivity index is 1.74. The molecule has 1 aliphatic heterocycles. The summed E-state index contributed by atoms with van der Waals surface area (Å²) < 4.78 is 38.0. The Morgan fingerprint density at radius 1 is 1.13 bits per heavy atom. The minimum absolute atomic E-state index is 0.0622. The fourth-order valence-electron chi connectivity index (χ4n) is 4.34. The highest BCUT2D eigenvalue weighted by Gasteiger charge is 2.33. The first-order chi connectivity index (χ1) is 14.1. The van der Waals surface area contributed by atoms with Crippen molar-refractivity contribution in [3.05, 3.63) is 18.2 Å². The number of amides is 1. The van der Waals surface area contributed by atoms with Crippen molar-refractivity contribution in [2.75, 3.05) is 38.7 Å². The predicted octanol–water partition coefficient (Wildman–Crippen LogP) is 3.51. The number of hydrogen-bond acceptors (Lipinski definition) is 5. The fourth-order valence-corrected chi connectivity index (χ4v) is 5.77. The Morgan fingerprint density at radius 3 is 2.33 bits per heavy atom. The first-order valence-corrected chi connectivity index (χ1v) is 12.1. The van der Waals surface area contributed by atoms with E-state index in [1.165, 1.54) is 23.5 Å². The summed E-state index contributed by atoms with van der Waals surface area (Å²) >= 11 is 0. The van der Waals surface area contributed by atoms with Crippen LogP contribution in [0, 0.1) is 17.3 Å². The molecule has 1 aromatic carbocycles. The third-order valence-corrected chi connectivity index (χ3v) is 8.25. The van der Waals surface area contributed by atoms with Crippen molar-refractivity contribution < 1.29 is 22.7 Å². The summed E-state index contributed by atoms with van der Waals surface area (Å²) in [4.78, 5) is 13.1. The average molecular weight is 439 g/mol. The molecule has 0 aromatic heterocycles. The van der Waals surface area contributed by atoms with Gasteiger partial charge in [0.1, 0.15) is 5.75 Å². The van der Waals surface area contributed by atoms with E-state index in [2.05, 4.69) is 26.1 Å². The zero-order valence-electron chi connectivity index (χ0n) is 18.4. The highest BCUT2D eigenvalue weighted by atomic mass is 32.2. The number of benzene rings is 1. The normalized spacial score (nSPS) is 23.7. The van der Waals surface area contributed by atoms with E-state index < -0.39 is 10.0 Å². The van der Waals surface area contributed by atoms with Gasteiger partial charge in [0, 0.05) is 19.0 Å². The largest absolute Gasteiger partial charge is 0.495 e. The minimum Gasteiger partial charge on any atom is -0.495 e. The Morgan fingerprint density at radius 2 is 1.77 bits per heavy atom. The van der Waals surface area contributed by atoms with Gasteiger partial charge in [-0.2, -0.15) is 4.31 Å². The zero-order chi connectivity index (χ0) is 21.9. The molecule has 0 spiro atoms. The van der Waals surface area contributed by atoms with Crippen LogP contribution < -0.4 is 10.1 Å². The highest BCUT2D eigenvalue weighted by Crippen LogP contribution is 2.40. The quantitative estimate of drug-likeness (QED) is 0.760. The Bertz CT molecular complexity index is 849. The number of ether oxygens (including phenoxy) is 2. The van der Waals surface area contributed by atoms with Gasteiger partial charge in [-0.1, -0.05) is 20.8 Å². The van der Waals surface area contributed by atoms with Gasteiger partial charge in [-0.3, -0.25) is 4.79 Å². The summed E-state index contributed by atoms with van der Waals surface area (Å²) in [5.41, 5.74) is 0.655. The number of carbonyl (C=O) groups excluding carboxylic acids is 1.